The Kier molecular flexibility index (Phi) is 4.42. The summed E-state index contributed by atoms with van der Waals surface area (Å²) in [6.45, 7) is 0. The van der Waals surface area contributed by atoms with Crippen molar-refractivity contribution >= 4 is 41.8 Å². The SMILES string of the molecule is CN(C)c1cc(/C=C/c2ccsc2)cc(B(O)O)c1. The highest BCUT2D eigenvalue weighted by molar-refractivity contribution is 7.08. The Bertz CT molecular complexity index is 539. The van der Waals surface area contributed by atoms with E-state index in [2.05, 4.69) is 5.38 Å². The van der Waals surface area contributed by atoms with Crippen LogP contribution < -0.4 is 10.4 Å². The number of nitrogens with zero attached hydrogens (tertiary/aromatic N) is 1. The quantitative estimate of drug-likeness (QED) is 0.833. The van der Waals surface area contributed by atoms with E-state index in [1.54, 1.807) is 23.5 Å². The van der Waals surface area contributed by atoms with Gasteiger partial charge >= 0.3 is 7.12 Å². The zero-order chi connectivity index (χ0) is 13.8. The summed E-state index contributed by atoms with van der Waals surface area (Å²) in [5.74, 6) is 0. The Labute approximate surface area is 117 Å². The monoisotopic (exact) mass is 273 g/mol. The van der Waals surface area contributed by atoms with Crippen LogP contribution in [0.25, 0.3) is 12.2 Å². The van der Waals surface area contributed by atoms with Gasteiger partial charge in [0, 0.05) is 19.8 Å². The highest BCUT2D eigenvalue weighted by atomic mass is 32.1. The van der Waals surface area contributed by atoms with Crippen LogP contribution in [0.5, 0.6) is 0 Å². The predicted octanol–water partition coefficient (Wildman–Crippen LogP) is 1.66. The summed E-state index contributed by atoms with van der Waals surface area (Å²) in [4.78, 5) is 1.94. The normalized spacial score (nSPS) is 10.9. The highest BCUT2D eigenvalue weighted by Gasteiger charge is 2.13. The number of benzene rings is 1. The maximum Gasteiger partial charge on any atom is 0.488 e. The lowest BCUT2D eigenvalue weighted by Crippen LogP contribution is -2.30. The smallest absolute Gasteiger partial charge is 0.423 e. The van der Waals surface area contributed by atoms with Crippen LogP contribution >= 0.6 is 11.3 Å². The van der Waals surface area contributed by atoms with Gasteiger partial charge in [-0.3, -0.25) is 0 Å². The lowest BCUT2D eigenvalue weighted by atomic mass is 9.79. The number of anilines is 1. The maximum atomic E-state index is 9.32. The molecule has 2 rings (SSSR count). The molecular formula is C14H16BNO2S. The minimum atomic E-state index is -1.45. The van der Waals surface area contributed by atoms with Gasteiger partial charge < -0.3 is 14.9 Å². The molecule has 0 aliphatic carbocycles. The van der Waals surface area contributed by atoms with Crippen LogP contribution in [0.15, 0.2) is 35.0 Å². The van der Waals surface area contributed by atoms with Crippen molar-refractivity contribution in [3.8, 4) is 0 Å². The van der Waals surface area contributed by atoms with Crippen molar-refractivity contribution in [2.45, 2.75) is 0 Å². The molecule has 0 atom stereocenters. The lowest BCUT2D eigenvalue weighted by Gasteiger charge is -2.15. The molecule has 0 amide bonds. The van der Waals surface area contributed by atoms with Crippen molar-refractivity contribution in [1.82, 2.24) is 0 Å². The zero-order valence-corrected chi connectivity index (χ0v) is 11.8. The molecule has 0 bridgehead atoms. The van der Waals surface area contributed by atoms with Gasteiger partial charge in [0.05, 0.1) is 0 Å². The number of rotatable bonds is 4. The van der Waals surface area contributed by atoms with E-state index >= 15 is 0 Å². The van der Waals surface area contributed by atoms with E-state index in [-0.39, 0.29) is 0 Å². The first-order valence-corrected chi connectivity index (χ1v) is 6.89. The average Bonchev–Trinajstić information content (AvgIpc) is 2.89. The molecule has 1 aromatic carbocycles. The second kappa shape index (κ2) is 6.06. The Morgan fingerprint density at radius 2 is 1.84 bits per heavy atom. The van der Waals surface area contributed by atoms with Crippen LogP contribution in [0.3, 0.4) is 0 Å². The van der Waals surface area contributed by atoms with Crippen molar-refractivity contribution in [2.24, 2.45) is 0 Å². The summed E-state index contributed by atoms with van der Waals surface area (Å²) in [7, 11) is 2.40. The summed E-state index contributed by atoms with van der Waals surface area (Å²) in [5, 5.41) is 22.7. The number of thiophene rings is 1. The van der Waals surface area contributed by atoms with E-state index in [0.29, 0.717) is 5.46 Å². The van der Waals surface area contributed by atoms with Crippen molar-refractivity contribution in [1.29, 1.82) is 0 Å². The third-order valence-corrected chi connectivity index (χ3v) is 3.49. The second-order valence-corrected chi connectivity index (χ2v) is 5.30. The summed E-state index contributed by atoms with van der Waals surface area (Å²) in [6.07, 6.45) is 3.99. The maximum absolute atomic E-state index is 9.32. The van der Waals surface area contributed by atoms with Crippen LogP contribution in [-0.2, 0) is 0 Å². The molecule has 0 aliphatic rings. The van der Waals surface area contributed by atoms with E-state index < -0.39 is 7.12 Å². The van der Waals surface area contributed by atoms with E-state index in [0.717, 1.165) is 16.8 Å². The van der Waals surface area contributed by atoms with Gasteiger partial charge in [-0.05, 0) is 45.5 Å². The van der Waals surface area contributed by atoms with Crippen molar-refractivity contribution < 1.29 is 10.0 Å². The molecule has 0 fully saturated rings. The van der Waals surface area contributed by atoms with Gasteiger partial charge in [0.1, 0.15) is 0 Å². The molecule has 0 radical (unpaired) electrons. The molecule has 2 N–H and O–H groups in total. The standard InChI is InChI=1S/C14H16BNO2S/c1-16(2)14-8-12(7-13(9-14)15(17)18)4-3-11-5-6-19-10-11/h3-10,17-18H,1-2H3/b4-3+. The largest absolute Gasteiger partial charge is 0.488 e. The summed E-state index contributed by atoms with van der Waals surface area (Å²) < 4.78 is 0. The lowest BCUT2D eigenvalue weighted by molar-refractivity contribution is 0.426. The molecule has 0 unspecified atom stereocenters. The average molecular weight is 273 g/mol. The van der Waals surface area contributed by atoms with Gasteiger partial charge in [0.25, 0.3) is 0 Å². The molecule has 5 heteroatoms. The fourth-order valence-electron chi connectivity index (χ4n) is 1.72. The Hall–Kier alpha value is -1.56. The van der Waals surface area contributed by atoms with Crippen molar-refractivity contribution in [3.05, 3.63) is 46.2 Å². The van der Waals surface area contributed by atoms with Crippen LogP contribution in [0, 0.1) is 0 Å². The first-order chi connectivity index (χ1) is 9.06. The molecule has 1 aromatic heterocycles. The Morgan fingerprint density at radius 1 is 1.11 bits per heavy atom. The van der Waals surface area contributed by atoms with Gasteiger partial charge in [-0.25, -0.2) is 0 Å². The second-order valence-electron chi connectivity index (χ2n) is 4.52. The van der Waals surface area contributed by atoms with Gasteiger partial charge in [-0.1, -0.05) is 18.2 Å². The third kappa shape index (κ3) is 3.70. The Morgan fingerprint density at radius 3 is 2.42 bits per heavy atom. The molecule has 3 nitrogen and oxygen atoms in total. The van der Waals surface area contributed by atoms with Gasteiger partial charge in [0.15, 0.2) is 0 Å². The molecular weight excluding hydrogens is 257 g/mol. The molecule has 0 aliphatic heterocycles. The van der Waals surface area contributed by atoms with E-state index in [1.165, 1.54) is 0 Å². The van der Waals surface area contributed by atoms with E-state index in [4.69, 9.17) is 0 Å². The van der Waals surface area contributed by atoms with E-state index in [1.807, 2.05) is 48.7 Å². The van der Waals surface area contributed by atoms with Crippen molar-refractivity contribution in [3.63, 3.8) is 0 Å². The molecule has 19 heavy (non-hydrogen) atoms. The fourth-order valence-corrected chi connectivity index (χ4v) is 2.35. The summed E-state index contributed by atoms with van der Waals surface area (Å²) in [5.41, 5.74) is 3.53. The topological polar surface area (TPSA) is 43.7 Å². The molecule has 0 spiro atoms. The van der Waals surface area contributed by atoms with Crippen LogP contribution in [-0.4, -0.2) is 31.3 Å². The molecule has 0 saturated carbocycles. The molecule has 1 heterocycles. The van der Waals surface area contributed by atoms with E-state index in [9.17, 15) is 10.0 Å². The first kappa shape index (κ1) is 13.9. The van der Waals surface area contributed by atoms with Crippen LogP contribution in [0.4, 0.5) is 5.69 Å². The summed E-state index contributed by atoms with van der Waals surface area (Å²) in [6, 6.07) is 7.60. The van der Waals surface area contributed by atoms with Gasteiger partial charge in [0.2, 0.25) is 0 Å². The van der Waals surface area contributed by atoms with Crippen LogP contribution in [0.1, 0.15) is 11.1 Å². The summed E-state index contributed by atoms with van der Waals surface area (Å²) >= 11 is 1.65. The number of hydrogen-bond acceptors (Lipinski definition) is 4. The Balaban J connectivity index is 2.33. The number of hydrogen-bond donors (Lipinski definition) is 2. The molecule has 2 aromatic rings. The predicted molar refractivity (Wildman–Crippen MR) is 83.8 cm³/mol. The van der Waals surface area contributed by atoms with Crippen LogP contribution in [0.2, 0.25) is 0 Å². The molecule has 98 valence electrons. The van der Waals surface area contributed by atoms with Gasteiger partial charge in [-0.15, -0.1) is 0 Å². The van der Waals surface area contributed by atoms with Crippen molar-refractivity contribution in [2.75, 3.05) is 19.0 Å². The molecule has 0 saturated heterocycles. The zero-order valence-electron chi connectivity index (χ0n) is 10.9. The first-order valence-electron chi connectivity index (χ1n) is 5.95. The minimum absolute atomic E-state index is 0.496. The third-order valence-electron chi connectivity index (χ3n) is 2.79. The fraction of sp³-hybridized carbons (Fsp3) is 0.143. The highest BCUT2D eigenvalue weighted by Crippen LogP contribution is 2.16. The minimum Gasteiger partial charge on any atom is -0.423 e. The van der Waals surface area contributed by atoms with Gasteiger partial charge in [-0.2, -0.15) is 11.3 Å².